The molecule has 0 radical (unpaired) electrons. The van der Waals surface area contributed by atoms with Crippen LogP contribution in [0.25, 0.3) is 10.9 Å². The summed E-state index contributed by atoms with van der Waals surface area (Å²) in [5.74, 6) is -0.215. The van der Waals surface area contributed by atoms with Crippen molar-refractivity contribution in [3.63, 3.8) is 0 Å². The number of aryl methyl sites for hydroxylation is 1. The number of hydrogen-bond acceptors (Lipinski definition) is 4. The Kier molecular flexibility index (Phi) is 7.63. The number of benzene rings is 2. The Bertz CT molecular complexity index is 1190. The number of rotatable bonds is 9. The third-order valence-corrected chi connectivity index (χ3v) is 7.15. The first-order valence-corrected chi connectivity index (χ1v) is 13.1. The molecule has 0 aliphatic heterocycles. The number of pyridine rings is 1. The maximum atomic E-state index is 11.1. The van der Waals surface area contributed by atoms with Gasteiger partial charge in [0.25, 0.3) is 0 Å². The molecule has 4 rings (SSSR count). The van der Waals surface area contributed by atoms with Crippen molar-refractivity contribution in [2.24, 2.45) is 5.73 Å². The second kappa shape index (κ2) is 10.7. The van der Waals surface area contributed by atoms with Gasteiger partial charge in [-0.25, -0.2) is 0 Å². The van der Waals surface area contributed by atoms with E-state index in [-0.39, 0.29) is 11.3 Å². The van der Waals surface area contributed by atoms with Gasteiger partial charge in [0.05, 0.1) is 22.6 Å². The highest BCUT2D eigenvalue weighted by molar-refractivity contribution is 5.97. The van der Waals surface area contributed by atoms with Crippen molar-refractivity contribution in [2.75, 3.05) is 17.2 Å². The smallest absolute Gasteiger partial charge is 0.217 e. The van der Waals surface area contributed by atoms with E-state index in [0.717, 1.165) is 62.0 Å². The van der Waals surface area contributed by atoms with Gasteiger partial charge < -0.3 is 16.4 Å². The summed E-state index contributed by atoms with van der Waals surface area (Å²) in [7, 11) is 0. The van der Waals surface area contributed by atoms with Gasteiger partial charge >= 0.3 is 0 Å². The number of nitrogens with two attached hydrogens (primary N) is 2. The lowest BCUT2D eigenvalue weighted by molar-refractivity contribution is -0.118. The Balaban J connectivity index is 1.79. The minimum absolute atomic E-state index is 0.0304. The molecule has 35 heavy (non-hydrogen) atoms. The second-order valence-corrected chi connectivity index (χ2v) is 10.9. The van der Waals surface area contributed by atoms with Crippen molar-refractivity contribution in [3.05, 3.63) is 59.3 Å². The molecule has 0 saturated carbocycles. The quantitative estimate of drug-likeness (QED) is 0.272. The predicted molar refractivity (Wildman–Crippen MR) is 147 cm³/mol. The fourth-order valence-electron chi connectivity index (χ4n) is 5.17. The van der Waals surface area contributed by atoms with Crippen LogP contribution in [0.15, 0.2) is 42.5 Å². The number of anilines is 3. The summed E-state index contributed by atoms with van der Waals surface area (Å²) < 4.78 is 0. The normalized spacial score (nSPS) is 13.6. The van der Waals surface area contributed by atoms with Crippen LogP contribution in [0.5, 0.6) is 0 Å². The number of carbonyl (C=O) groups excluding carboxylic acids is 1. The Hall–Kier alpha value is -3.08. The maximum Gasteiger partial charge on any atom is 0.217 e. The highest BCUT2D eigenvalue weighted by atomic mass is 16.1. The molecule has 3 aromatic rings. The summed E-state index contributed by atoms with van der Waals surface area (Å²) in [5, 5.41) is 1.20. The van der Waals surface area contributed by atoms with Crippen molar-refractivity contribution in [1.82, 2.24) is 4.98 Å². The standard InChI is InChI=1S/C30H40N4O/c1-30(2,3)21-17-18-24(31)27(20-21)34(19-11-5-4-6-16-28(32)35)29-22-12-7-9-14-25(22)33-26-15-10-8-13-23(26)29/h7,9,12,14,17-18,20H,4-6,8,10-11,13,15-16,19,31H2,1-3H3,(H2,32,35). The Labute approximate surface area is 209 Å². The highest BCUT2D eigenvalue weighted by Crippen LogP contribution is 2.42. The molecule has 1 heterocycles. The number of unbranched alkanes of at least 4 members (excludes halogenated alkanes) is 3. The summed E-state index contributed by atoms with van der Waals surface area (Å²) in [4.78, 5) is 18.6. The van der Waals surface area contributed by atoms with E-state index in [2.05, 4.69) is 68.1 Å². The fourth-order valence-corrected chi connectivity index (χ4v) is 5.17. The van der Waals surface area contributed by atoms with Crippen LogP contribution in [0, 0.1) is 0 Å². The number of aromatic nitrogens is 1. The molecule has 4 N–H and O–H groups in total. The van der Waals surface area contributed by atoms with Crippen LogP contribution in [0.4, 0.5) is 17.1 Å². The molecule has 5 nitrogen and oxygen atoms in total. The number of fused-ring (bicyclic) bond motifs is 2. The number of carbonyl (C=O) groups is 1. The third-order valence-electron chi connectivity index (χ3n) is 7.15. The summed E-state index contributed by atoms with van der Waals surface area (Å²) in [6.07, 6.45) is 8.86. The number of nitrogens with zero attached hydrogens (tertiary/aromatic N) is 2. The maximum absolute atomic E-state index is 11.1. The minimum Gasteiger partial charge on any atom is -0.397 e. The first-order chi connectivity index (χ1) is 16.8. The molecule has 1 amide bonds. The number of primary amides is 1. The van der Waals surface area contributed by atoms with Gasteiger partial charge in [-0.05, 0) is 73.3 Å². The number of amides is 1. The molecule has 5 heteroatoms. The lowest BCUT2D eigenvalue weighted by Gasteiger charge is -2.33. The summed E-state index contributed by atoms with van der Waals surface area (Å²) in [6.45, 7) is 7.61. The fraction of sp³-hybridized carbons (Fsp3) is 0.467. The largest absolute Gasteiger partial charge is 0.397 e. The van der Waals surface area contributed by atoms with Gasteiger partial charge in [-0.2, -0.15) is 0 Å². The van der Waals surface area contributed by atoms with E-state index < -0.39 is 0 Å². The van der Waals surface area contributed by atoms with Crippen LogP contribution in [0.2, 0.25) is 0 Å². The van der Waals surface area contributed by atoms with Crippen molar-refractivity contribution >= 4 is 33.9 Å². The second-order valence-electron chi connectivity index (χ2n) is 10.9. The molecule has 186 valence electrons. The molecule has 0 unspecified atom stereocenters. The van der Waals surface area contributed by atoms with Gasteiger partial charge in [0, 0.05) is 24.0 Å². The van der Waals surface area contributed by atoms with Gasteiger partial charge in [0.1, 0.15) is 0 Å². The van der Waals surface area contributed by atoms with Crippen LogP contribution in [-0.2, 0) is 23.1 Å². The van der Waals surface area contributed by atoms with Gasteiger partial charge in [0.2, 0.25) is 5.91 Å². The molecular weight excluding hydrogens is 432 g/mol. The lowest BCUT2D eigenvalue weighted by atomic mass is 9.86. The van der Waals surface area contributed by atoms with E-state index in [1.807, 2.05) is 0 Å². The monoisotopic (exact) mass is 472 g/mol. The van der Waals surface area contributed by atoms with Crippen molar-refractivity contribution in [2.45, 2.75) is 84.0 Å². The van der Waals surface area contributed by atoms with Gasteiger partial charge in [-0.15, -0.1) is 0 Å². The van der Waals surface area contributed by atoms with Crippen molar-refractivity contribution in [3.8, 4) is 0 Å². The number of para-hydroxylation sites is 1. The van der Waals surface area contributed by atoms with Crippen LogP contribution >= 0.6 is 0 Å². The average molecular weight is 473 g/mol. The number of nitrogen functional groups attached to an aromatic ring is 1. The van der Waals surface area contributed by atoms with E-state index in [1.165, 1.54) is 40.7 Å². The van der Waals surface area contributed by atoms with Crippen LogP contribution < -0.4 is 16.4 Å². The van der Waals surface area contributed by atoms with Gasteiger partial charge in [-0.1, -0.05) is 57.9 Å². The number of hydrogen-bond donors (Lipinski definition) is 2. The van der Waals surface area contributed by atoms with E-state index in [9.17, 15) is 4.79 Å². The topological polar surface area (TPSA) is 85.2 Å². The molecule has 0 spiro atoms. The molecule has 0 bridgehead atoms. The zero-order chi connectivity index (χ0) is 25.0. The Morgan fingerprint density at radius 1 is 1.00 bits per heavy atom. The highest BCUT2D eigenvalue weighted by Gasteiger charge is 2.25. The molecule has 1 aromatic heterocycles. The van der Waals surface area contributed by atoms with E-state index in [0.29, 0.717) is 6.42 Å². The molecule has 0 atom stereocenters. The first kappa shape index (κ1) is 25.0. The van der Waals surface area contributed by atoms with E-state index in [1.54, 1.807) is 0 Å². The van der Waals surface area contributed by atoms with E-state index >= 15 is 0 Å². The third kappa shape index (κ3) is 5.77. The molecule has 1 aliphatic rings. The van der Waals surface area contributed by atoms with Crippen molar-refractivity contribution < 1.29 is 4.79 Å². The molecule has 1 aliphatic carbocycles. The van der Waals surface area contributed by atoms with Crippen LogP contribution in [0.3, 0.4) is 0 Å². The molecule has 0 fully saturated rings. The molecular formula is C30H40N4O. The summed E-state index contributed by atoms with van der Waals surface area (Å²) >= 11 is 0. The van der Waals surface area contributed by atoms with Crippen molar-refractivity contribution in [1.29, 1.82) is 0 Å². The molecule has 0 saturated heterocycles. The summed E-state index contributed by atoms with van der Waals surface area (Å²) in [5.41, 5.74) is 20.1. The van der Waals surface area contributed by atoms with E-state index in [4.69, 9.17) is 16.5 Å². The lowest BCUT2D eigenvalue weighted by Crippen LogP contribution is -2.24. The predicted octanol–water partition coefficient (Wildman–Crippen LogP) is 6.57. The minimum atomic E-state index is -0.215. The molecule has 2 aromatic carbocycles. The average Bonchev–Trinajstić information content (AvgIpc) is 2.82. The van der Waals surface area contributed by atoms with Crippen LogP contribution in [-0.4, -0.2) is 17.4 Å². The summed E-state index contributed by atoms with van der Waals surface area (Å²) in [6, 6.07) is 15.0. The zero-order valence-electron chi connectivity index (χ0n) is 21.6. The first-order valence-electron chi connectivity index (χ1n) is 13.1. The SMILES string of the molecule is CC(C)(C)c1ccc(N)c(N(CCCCCCC(N)=O)c2c3c(nc4ccccc24)CCCC3)c1. The van der Waals surface area contributed by atoms with Gasteiger partial charge in [0.15, 0.2) is 0 Å². The van der Waals surface area contributed by atoms with Gasteiger partial charge in [-0.3, -0.25) is 9.78 Å². The Morgan fingerprint density at radius 2 is 1.74 bits per heavy atom. The zero-order valence-corrected chi connectivity index (χ0v) is 21.6. The Morgan fingerprint density at radius 3 is 2.51 bits per heavy atom. The van der Waals surface area contributed by atoms with Crippen LogP contribution in [0.1, 0.15) is 82.5 Å².